The minimum atomic E-state index is -0.640. The summed E-state index contributed by atoms with van der Waals surface area (Å²) in [7, 11) is 0. The van der Waals surface area contributed by atoms with Crippen LogP contribution >= 0.6 is 0 Å². The maximum Gasteiger partial charge on any atom is 0.326 e. The molecule has 0 saturated heterocycles. The number of amides is 1. The molecular formula is C20H23N5O4. The smallest absolute Gasteiger partial charge is 0.326 e. The van der Waals surface area contributed by atoms with Crippen molar-refractivity contribution in [2.75, 3.05) is 6.61 Å². The van der Waals surface area contributed by atoms with Crippen molar-refractivity contribution in [2.45, 2.75) is 39.7 Å². The maximum atomic E-state index is 12.4. The van der Waals surface area contributed by atoms with Crippen LogP contribution in [-0.4, -0.2) is 38.4 Å². The Labute approximate surface area is 167 Å². The first kappa shape index (κ1) is 20.2. The van der Waals surface area contributed by atoms with Crippen LogP contribution in [0.15, 0.2) is 40.6 Å². The number of carbonyl (C=O) groups is 2. The van der Waals surface area contributed by atoms with E-state index in [1.54, 1.807) is 37.3 Å². The van der Waals surface area contributed by atoms with Crippen LogP contribution in [0.2, 0.25) is 0 Å². The highest BCUT2D eigenvalue weighted by Gasteiger charge is 2.21. The van der Waals surface area contributed by atoms with E-state index in [0.717, 1.165) is 5.69 Å². The molecule has 2 N–H and O–H groups in total. The van der Waals surface area contributed by atoms with E-state index in [2.05, 4.69) is 20.4 Å². The summed E-state index contributed by atoms with van der Waals surface area (Å²) in [6, 6.07) is 8.62. The number of rotatable bonds is 5. The van der Waals surface area contributed by atoms with E-state index >= 15 is 0 Å². The first-order valence-corrected chi connectivity index (χ1v) is 9.20. The van der Waals surface area contributed by atoms with Crippen molar-refractivity contribution in [2.24, 2.45) is 10.2 Å². The standard InChI is InChI=1S/C20H23N5O4/c1-5-29-16(26)11-25-14-9-7-6-8-12(14)17(19(25)28)23-24-18(27)13-10-15(22-21-13)20(2,3)4/h6-10,28H,5,11H2,1-4H3,(H,21,22). The minimum Gasteiger partial charge on any atom is -0.493 e. The lowest BCUT2D eigenvalue weighted by Gasteiger charge is -2.14. The van der Waals surface area contributed by atoms with Crippen molar-refractivity contribution in [3.8, 4) is 5.88 Å². The van der Waals surface area contributed by atoms with Crippen LogP contribution in [0, 0.1) is 0 Å². The molecule has 0 aliphatic rings. The molecular weight excluding hydrogens is 374 g/mol. The molecule has 2 aromatic heterocycles. The maximum absolute atomic E-state index is 12.4. The number of azo groups is 1. The van der Waals surface area contributed by atoms with E-state index in [4.69, 9.17) is 4.74 Å². The van der Waals surface area contributed by atoms with E-state index < -0.39 is 11.9 Å². The summed E-state index contributed by atoms with van der Waals surface area (Å²) in [5, 5.41) is 25.6. The summed E-state index contributed by atoms with van der Waals surface area (Å²) in [6.45, 7) is 7.74. The lowest BCUT2D eigenvalue weighted by atomic mass is 9.92. The number of ether oxygens (including phenoxy) is 1. The van der Waals surface area contributed by atoms with Gasteiger partial charge in [-0.15, -0.1) is 10.2 Å². The molecule has 2 heterocycles. The minimum absolute atomic E-state index is 0.102. The van der Waals surface area contributed by atoms with Gasteiger partial charge in [0, 0.05) is 16.5 Å². The zero-order valence-electron chi connectivity index (χ0n) is 16.8. The second kappa shape index (κ2) is 7.86. The third-order valence-electron chi connectivity index (χ3n) is 4.36. The number of benzene rings is 1. The summed E-state index contributed by atoms with van der Waals surface area (Å²) < 4.78 is 6.33. The number of aromatic hydroxyl groups is 1. The molecule has 3 rings (SSSR count). The summed E-state index contributed by atoms with van der Waals surface area (Å²) in [5.74, 6) is -1.40. The summed E-state index contributed by atoms with van der Waals surface area (Å²) in [6.07, 6.45) is 0. The van der Waals surface area contributed by atoms with E-state index in [9.17, 15) is 14.7 Å². The van der Waals surface area contributed by atoms with Gasteiger partial charge in [0.05, 0.1) is 12.1 Å². The van der Waals surface area contributed by atoms with Gasteiger partial charge in [-0.25, -0.2) is 0 Å². The van der Waals surface area contributed by atoms with Gasteiger partial charge in [-0.2, -0.15) is 5.10 Å². The Balaban J connectivity index is 1.93. The van der Waals surface area contributed by atoms with Gasteiger partial charge in [-0.3, -0.25) is 19.3 Å². The van der Waals surface area contributed by atoms with Crippen molar-refractivity contribution in [3.05, 3.63) is 41.7 Å². The molecule has 3 aromatic rings. The molecule has 9 heteroatoms. The molecule has 0 saturated carbocycles. The lowest BCUT2D eigenvalue weighted by Crippen LogP contribution is -2.12. The van der Waals surface area contributed by atoms with Gasteiger partial charge in [0.15, 0.2) is 11.4 Å². The number of nitrogens with zero attached hydrogens (tertiary/aromatic N) is 4. The molecule has 1 amide bonds. The Bertz CT molecular complexity index is 1090. The van der Waals surface area contributed by atoms with Crippen LogP contribution in [0.1, 0.15) is 43.9 Å². The predicted octanol–water partition coefficient (Wildman–Crippen LogP) is 3.85. The second-order valence-electron chi connectivity index (χ2n) is 7.50. The Morgan fingerprint density at radius 2 is 2.00 bits per heavy atom. The van der Waals surface area contributed by atoms with Crippen molar-refractivity contribution in [3.63, 3.8) is 0 Å². The first-order valence-electron chi connectivity index (χ1n) is 9.20. The van der Waals surface area contributed by atoms with Crippen LogP contribution in [-0.2, 0) is 21.5 Å². The van der Waals surface area contributed by atoms with Gasteiger partial charge in [0.25, 0.3) is 0 Å². The van der Waals surface area contributed by atoms with Gasteiger partial charge < -0.3 is 9.84 Å². The quantitative estimate of drug-likeness (QED) is 0.500. The summed E-state index contributed by atoms with van der Waals surface area (Å²) in [5.41, 5.74) is 1.42. The summed E-state index contributed by atoms with van der Waals surface area (Å²) in [4.78, 5) is 24.2. The highest BCUT2D eigenvalue weighted by Crippen LogP contribution is 2.38. The van der Waals surface area contributed by atoms with Gasteiger partial charge in [0.1, 0.15) is 6.54 Å². The average molecular weight is 397 g/mol. The molecule has 0 aliphatic heterocycles. The summed E-state index contributed by atoms with van der Waals surface area (Å²) >= 11 is 0. The number of aromatic amines is 1. The van der Waals surface area contributed by atoms with E-state index in [0.29, 0.717) is 10.9 Å². The van der Waals surface area contributed by atoms with Crippen molar-refractivity contribution in [1.82, 2.24) is 14.8 Å². The molecule has 0 spiro atoms. The van der Waals surface area contributed by atoms with E-state index in [1.807, 2.05) is 20.8 Å². The number of aromatic nitrogens is 3. The zero-order chi connectivity index (χ0) is 21.2. The van der Waals surface area contributed by atoms with Crippen molar-refractivity contribution in [1.29, 1.82) is 0 Å². The van der Waals surface area contributed by atoms with Gasteiger partial charge >= 0.3 is 11.9 Å². The van der Waals surface area contributed by atoms with Crippen LogP contribution < -0.4 is 0 Å². The number of H-pyrrole nitrogens is 1. The largest absolute Gasteiger partial charge is 0.493 e. The number of hydrogen-bond acceptors (Lipinski definition) is 6. The Hall–Kier alpha value is -3.49. The SMILES string of the molecule is CCOC(=O)Cn1c(O)c(N=NC(=O)c2cc(C(C)(C)C)[nH]n2)c2ccccc21. The van der Waals surface area contributed by atoms with Gasteiger partial charge in [0.2, 0.25) is 5.88 Å². The number of carbonyl (C=O) groups excluding carboxylic acids is 2. The Morgan fingerprint density at radius 1 is 1.28 bits per heavy atom. The number of nitrogens with one attached hydrogen (secondary N) is 1. The number of para-hydroxylation sites is 1. The van der Waals surface area contributed by atoms with Gasteiger partial charge in [-0.1, -0.05) is 39.0 Å². The Kier molecular flexibility index (Phi) is 5.49. The molecule has 0 atom stereocenters. The van der Waals surface area contributed by atoms with Crippen LogP contribution in [0.4, 0.5) is 5.69 Å². The fourth-order valence-electron chi connectivity index (χ4n) is 2.83. The van der Waals surface area contributed by atoms with E-state index in [-0.39, 0.29) is 35.8 Å². The highest BCUT2D eigenvalue weighted by molar-refractivity contribution is 5.97. The fraction of sp³-hybridized carbons (Fsp3) is 0.350. The van der Waals surface area contributed by atoms with Crippen molar-refractivity contribution >= 4 is 28.5 Å². The predicted molar refractivity (Wildman–Crippen MR) is 106 cm³/mol. The molecule has 0 unspecified atom stereocenters. The third-order valence-corrected chi connectivity index (χ3v) is 4.36. The monoisotopic (exact) mass is 397 g/mol. The van der Waals surface area contributed by atoms with Crippen LogP contribution in [0.5, 0.6) is 5.88 Å². The Morgan fingerprint density at radius 3 is 2.66 bits per heavy atom. The topological polar surface area (TPSA) is 122 Å². The van der Waals surface area contributed by atoms with Gasteiger partial charge in [-0.05, 0) is 19.1 Å². The van der Waals surface area contributed by atoms with E-state index in [1.165, 1.54) is 4.57 Å². The average Bonchev–Trinajstić information content (AvgIpc) is 3.25. The molecule has 0 fully saturated rings. The van der Waals surface area contributed by atoms with Crippen LogP contribution in [0.25, 0.3) is 10.9 Å². The first-order chi connectivity index (χ1) is 13.7. The number of fused-ring (bicyclic) bond motifs is 1. The highest BCUT2D eigenvalue weighted by atomic mass is 16.5. The molecule has 1 aromatic carbocycles. The molecule has 29 heavy (non-hydrogen) atoms. The molecule has 0 aliphatic carbocycles. The second-order valence-corrected chi connectivity index (χ2v) is 7.50. The molecule has 9 nitrogen and oxygen atoms in total. The molecule has 0 bridgehead atoms. The molecule has 152 valence electrons. The fourth-order valence-corrected chi connectivity index (χ4v) is 2.83. The third kappa shape index (κ3) is 4.18. The van der Waals surface area contributed by atoms with Crippen molar-refractivity contribution < 1.29 is 19.4 Å². The normalized spacial score (nSPS) is 12.0. The number of esters is 1. The zero-order valence-corrected chi connectivity index (χ0v) is 16.8. The van der Waals surface area contributed by atoms with Crippen LogP contribution in [0.3, 0.4) is 0 Å². The number of hydrogen-bond donors (Lipinski definition) is 2. The molecule has 0 radical (unpaired) electrons. The lowest BCUT2D eigenvalue weighted by molar-refractivity contribution is -0.143.